The third kappa shape index (κ3) is 3.87. The summed E-state index contributed by atoms with van der Waals surface area (Å²) in [6.07, 6.45) is 3.12. The molecule has 0 radical (unpaired) electrons. The van der Waals surface area contributed by atoms with Gasteiger partial charge in [0.1, 0.15) is 10.5 Å². The molecule has 22 heavy (non-hydrogen) atoms. The molecule has 1 aromatic rings. The van der Waals surface area contributed by atoms with Gasteiger partial charge in [-0.25, -0.2) is 22.0 Å². The second-order valence-electron chi connectivity index (χ2n) is 5.35. The maximum Gasteiger partial charge on any atom is 0.200 e. The van der Waals surface area contributed by atoms with Gasteiger partial charge in [-0.05, 0) is 32.1 Å². The van der Waals surface area contributed by atoms with E-state index in [9.17, 15) is 22.0 Å². The van der Waals surface area contributed by atoms with Crippen LogP contribution in [0.5, 0.6) is 0 Å². The summed E-state index contributed by atoms with van der Waals surface area (Å²) in [5.41, 5.74) is -0.968. The lowest BCUT2D eigenvalue weighted by Crippen LogP contribution is -2.30. The maximum atomic E-state index is 13.5. The third-order valence-electron chi connectivity index (χ3n) is 4.33. The fraction of sp³-hybridized carbons (Fsp3) is 0.600. The van der Waals surface area contributed by atoms with E-state index in [1.54, 1.807) is 0 Å². The highest BCUT2D eigenvalue weighted by molar-refractivity contribution is 5.98. The molecule has 0 aliphatic heterocycles. The molecule has 1 nitrogen and oxygen atoms in total. The van der Waals surface area contributed by atoms with Crippen LogP contribution in [-0.4, -0.2) is 16.1 Å². The third-order valence-corrected chi connectivity index (χ3v) is 5.20. The first-order valence-corrected chi connectivity index (χ1v) is 8.20. The van der Waals surface area contributed by atoms with Crippen molar-refractivity contribution in [1.29, 1.82) is 0 Å². The van der Waals surface area contributed by atoms with E-state index >= 15 is 0 Å². The van der Waals surface area contributed by atoms with E-state index in [1.807, 2.05) is 13.8 Å². The smallest absolute Gasteiger partial charge is 0.200 e. The van der Waals surface area contributed by atoms with Gasteiger partial charge < -0.3 is 4.43 Å². The first-order chi connectivity index (χ1) is 10.3. The SMILES string of the molecule is CCC(CC)(CCCCc1c(F)c(F)c(F)c(F)c1F)O[SiH3]. The monoisotopic (exact) mass is 340 g/mol. The molecule has 0 spiro atoms. The van der Waals surface area contributed by atoms with Gasteiger partial charge in [0, 0.05) is 5.56 Å². The summed E-state index contributed by atoms with van der Waals surface area (Å²) in [5, 5.41) is 0. The number of hydrogen-bond donors (Lipinski definition) is 0. The minimum atomic E-state index is -2.11. The second kappa shape index (κ2) is 8.06. The van der Waals surface area contributed by atoms with Gasteiger partial charge >= 0.3 is 0 Å². The summed E-state index contributed by atoms with van der Waals surface area (Å²) < 4.78 is 71.8. The molecule has 0 saturated heterocycles. The van der Waals surface area contributed by atoms with Gasteiger partial charge in [0.25, 0.3) is 0 Å². The minimum Gasteiger partial charge on any atom is -0.422 e. The lowest BCUT2D eigenvalue weighted by atomic mass is 9.90. The molecular weight excluding hydrogens is 319 g/mol. The minimum absolute atomic E-state index is 0.184. The molecule has 1 aromatic carbocycles. The van der Waals surface area contributed by atoms with Crippen LogP contribution in [0.1, 0.15) is 51.5 Å². The summed E-state index contributed by atoms with van der Waals surface area (Å²) in [6.45, 7) is 4.01. The zero-order chi connectivity index (χ0) is 16.9. The lowest BCUT2D eigenvalue weighted by Gasteiger charge is -2.31. The molecule has 0 fully saturated rings. The van der Waals surface area contributed by atoms with Gasteiger partial charge in [0.15, 0.2) is 23.3 Å². The standard InChI is InChI=1S/C15H21F5OSi/c1-3-15(4-2,21-22)8-6-5-7-9-10(16)12(18)14(20)13(19)11(9)17/h3-8H2,1-2,22H3. The predicted molar refractivity (Wildman–Crippen MR) is 78.1 cm³/mol. The number of benzene rings is 1. The van der Waals surface area contributed by atoms with E-state index in [0.29, 0.717) is 29.7 Å². The molecule has 0 saturated carbocycles. The Morgan fingerprint density at radius 2 is 1.27 bits per heavy atom. The van der Waals surface area contributed by atoms with E-state index in [0.717, 1.165) is 12.8 Å². The summed E-state index contributed by atoms with van der Waals surface area (Å²) in [5.74, 6) is -9.33. The summed E-state index contributed by atoms with van der Waals surface area (Å²) in [6, 6.07) is 0. The van der Waals surface area contributed by atoms with Crippen LogP contribution in [0.3, 0.4) is 0 Å². The van der Waals surface area contributed by atoms with Gasteiger partial charge in [-0.3, -0.25) is 0 Å². The largest absolute Gasteiger partial charge is 0.422 e. The molecule has 0 aromatic heterocycles. The van der Waals surface area contributed by atoms with Crippen molar-refractivity contribution >= 4 is 10.5 Å². The summed E-state index contributed by atoms with van der Waals surface area (Å²) >= 11 is 0. The maximum absolute atomic E-state index is 13.5. The van der Waals surface area contributed by atoms with E-state index in [4.69, 9.17) is 4.43 Å². The van der Waals surface area contributed by atoms with Crippen molar-refractivity contribution in [3.8, 4) is 0 Å². The number of halogens is 5. The van der Waals surface area contributed by atoms with Crippen molar-refractivity contribution in [2.75, 3.05) is 0 Å². The van der Waals surface area contributed by atoms with Gasteiger partial charge in [0.05, 0.1) is 5.60 Å². The average Bonchev–Trinajstić information content (AvgIpc) is 2.54. The Labute approximate surface area is 130 Å². The van der Waals surface area contributed by atoms with Crippen LogP contribution in [-0.2, 0) is 10.8 Å². The van der Waals surface area contributed by atoms with E-state index in [1.165, 1.54) is 0 Å². The van der Waals surface area contributed by atoms with E-state index in [-0.39, 0.29) is 12.0 Å². The fourth-order valence-corrected chi connectivity index (χ4v) is 3.39. The molecule has 0 aliphatic carbocycles. The second-order valence-corrected chi connectivity index (χ2v) is 5.76. The Morgan fingerprint density at radius 3 is 1.68 bits per heavy atom. The van der Waals surface area contributed by atoms with E-state index < -0.39 is 34.6 Å². The summed E-state index contributed by atoms with van der Waals surface area (Å²) in [4.78, 5) is 0. The molecule has 0 bridgehead atoms. The van der Waals surface area contributed by atoms with Crippen LogP contribution in [0.4, 0.5) is 22.0 Å². The molecular formula is C15H21F5OSi. The first-order valence-electron chi connectivity index (χ1n) is 7.39. The quantitative estimate of drug-likeness (QED) is 0.229. The molecule has 126 valence electrons. The molecule has 1 rings (SSSR count). The van der Waals surface area contributed by atoms with Gasteiger partial charge in [0.2, 0.25) is 5.82 Å². The van der Waals surface area contributed by atoms with Crippen LogP contribution < -0.4 is 0 Å². The highest BCUT2D eigenvalue weighted by atomic mass is 28.2. The molecule has 7 heteroatoms. The van der Waals surface area contributed by atoms with Crippen LogP contribution in [0.2, 0.25) is 0 Å². The topological polar surface area (TPSA) is 9.23 Å². The predicted octanol–water partition coefficient (Wildman–Crippen LogP) is 3.95. The number of unbranched alkanes of at least 4 members (excludes halogenated alkanes) is 1. The van der Waals surface area contributed by atoms with Crippen molar-refractivity contribution in [2.24, 2.45) is 0 Å². The van der Waals surface area contributed by atoms with Crippen molar-refractivity contribution in [3.63, 3.8) is 0 Å². The van der Waals surface area contributed by atoms with Gasteiger partial charge in [-0.15, -0.1) is 0 Å². The van der Waals surface area contributed by atoms with Crippen molar-refractivity contribution in [1.82, 2.24) is 0 Å². The molecule has 0 amide bonds. The number of hydrogen-bond acceptors (Lipinski definition) is 1. The van der Waals surface area contributed by atoms with Gasteiger partial charge in [-0.2, -0.15) is 0 Å². The molecule has 0 heterocycles. The average molecular weight is 340 g/mol. The van der Waals surface area contributed by atoms with Crippen molar-refractivity contribution in [2.45, 2.75) is 58.0 Å². The molecule has 0 atom stereocenters. The fourth-order valence-electron chi connectivity index (χ4n) is 2.61. The normalized spacial score (nSPS) is 12.1. The zero-order valence-corrected chi connectivity index (χ0v) is 15.0. The molecule has 0 unspecified atom stereocenters. The van der Waals surface area contributed by atoms with E-state index in [2.05, 4.69) is 0 Å². The van der Waals surface area contributed by atoms with Crippen molar-refractivity contribution < 1.29 is 26.4 Å². The first kappa shape index (κ1) is 19.1. The highest BCUT2D eigenvalue weighted by Crippen LogP contribution is 2.28. The molecule has 0 N–H and O–H groups in total. The summed E-state index contributed by atoms with van der Waals surface area (Å²) in [7, 11) is 0.592. The van der Waals surface area contributed by atoms with Gasteiger partial charge in [-0.1, -0.05) is 20.3 Å². The van der Waals surface area contributed by atoms with Crippen LogP contribution in [0.15, 0.2) is 0 Å². The van der Waals surface area contributed by atoms with Crippen LogP contribution in [0, 0.1) is 29.1 Å². The number of rotatable bonds is 8. The highest BCUT2D eigenvalue weighted by Gasteiger charge is 2.26. The lowest BCUT2D eigenvalue weighted by molar-refractivity contribution is 0.0585. The molecule has 0 aliphatic rings. The Morgan fingerprint density at radius 1 is 0.818 bits per heavy atom. The Kier molecular flexibility index (Phi) is 6.99. The Balaban J connectivity index is 2.74. The van der Waals surface area contributed by atoms with Crippen molar-refractivity contribution in [3.05, 3.63) is 34.6 Å². The van der Waals surface area contributed by atoms with Crippen LogP contribution in [0.25, 0.3) is 0 Å². The Bertz CT molecular complexity index is 480. The van der Waals surface area contributed by atoms with Crippen LogP contribution >= 0.6 is 0 Å². The zero-order valence-electron chi connectivity index (χ0n) is 13.0. The Hall–Kier alpha value is -0.953.